The molecule has 0 aromatic rings. The molecule has 3 nitrogen and oxygen atoms in total. The van der Waals surface area contributed by atoms with Crippen molar-refractivity contribution >= 4 is 6.29 Å². The van der Waals surface area contributed by atoms with E-state index in [0.717, 1.165) is 32.0 Å². The second-order valence-electron chi connectivity index (χ2n) is 3.22. The first kappa shape index (κ1) is 7.25. The normalized spacial score (nSPS) is 34.7. The number of carbonyl (C=O) groups excluding carboxylic acids is 1. The fraction of sp³-hybridized carbons (Fsp3) is 0.875. The summed E-state index contributed by atoms with van der Waals surface area (Å²) in [4.78, 5) is 10.3. The summed E-state index contributed by atoms with van der Waals surface area (Å²) in [5.74, 6) is -0.369. The molecule has 0 N–H and O–H groups in total. The van der Waals surface area contributed by atoms with Crippen LogP contribution in [0.25, 0.3) is 0 Å². The van der Waals surface area contributed by atoms with E-state index in [4.69, 9.17) is 9.47 Å². The zero-order valence-corrected chi connectivity index (χ0v) is 6.41. The van der Waals surface area contributed by atoms with E-state index in [1.165, 1.54) is 0 Å². The highest BCUT2D eigenvalue weighted by atomic mass is 16.7. The Morgan fingerprint density at radius 3 is 2.64 bits per heavy atom. The van der Waals surface area contributed by atoms with Gasteiger partial charge in [-0.1, -0.05) is 0 Å². The fourth-order valence-corrected chi connectivity index (χ4v) is 1.82. The van der Waals surface area contributed by atoms with E-state index in [1.807, 2.05) is 0 Å². The predicted octanol–water partition coefficient (Wildman–Crippen LogP) is 0.871. The maximum atomic E-state index is 10.3. The molecule has 11 heavy (non-hydrogen) atoms. The standard InChI is InChI=1S/C8H12O3/c9-5-7-6-10-8(11-7)3-1-2-4-8/h5,7H,1-4,6H2/t7-/m1/s1. The molecule has 2 fully saturated rings. The summed E-state index contributed by atoms with van der Waals surface area (Å²) >= 11 is 0. The fourth-order valence-electron chi connectivity index (χ4n) is 1.82. The van der Waals surface area contributed by atoms with E-state index in [9.17, 15) is 4.79 Å². The summed E-state index contributed by atoms with van der Waals surface area (Å²) < 4.78 is 10.9. The Hall–Kier alpha value is -0.410. The zero-order chi connectivity index (χ0) is 7.73. The number of carbonyl (C=O) groups is 1. The van der Waals surface area contributed by atoms with Gasteiger partial charge in [-0.15, -0.1) is 0 Å². The van der Waals surface area contributed by atoms with Crippen molar-refractivity contribution in [3.63, 3.8) is 0 Å². The largest absolute Gasteiger partial charge is 0.347 e. The molecule has 0 aromatic heterocycles. The average molecular weight is 156 g/mol. The lowest BCUT2D eigenvalue weighted by Gasteiger charge is -2.20. The van der Waals surface area contributed by atoms with Crippen LogP contribution >= 0.6 is 0 Å². The molecular formula is C8H12O3. The van der Waals surface area contributed by atoms with Crippen molar-refractivity contribution in [2.24, 2.45) is 0 Å². The molecule has 0 unspecified atom stereocenters. The van der Waals surface area contributed by atoms with Crippen molar-refractivity contribution in [2.45, 2.75) is 37.6 Å². The molecule has 62 valence electrons. The lowest BCUT2D eigenvalue weighted by atomic mass is 10.2. The van der Waals surface area contributed by atoms with Crippen LogP contribution in [0.1, 0.15) is 25.7 Å². The number of rotatable bonds is 1. The van der Waals surface area contributed by atoms with E-state index in [2.05, 4.69) is 0 Å². The smallest absolute Gasteiger partial charge is 0.169 e. The Bertz CT molecular complexity index is 161. The lowest BCUT2D eigenvalue weighted by Crippen LogP contribution is -2.26. The Morgan fingerprint density at radius 2 is 2.09 bits per heavy atom. The van der Waals surface area contributed by atoms with Gasteiger partial charge >= 0.3 is 0 Å². The summed E-state index contributed by atoms with van der Waals surface area (Å²) in [7, 11) is 0. The van der Waals surface area contributed by atoms with Gasteiger partial charge in [-0.3, -0.25) is 0 Å². The van der Waals surface area contributed by atoms with Crippen LogP contribution in [-0.4, -0.2) is 24.8 Å². The summed E-state index contributed by atoms with van der Waals surface area (Å²) in [6, 6.07) is 0. The van der Waals surface area contributed by atoms with Crippen molar-refractivity contribution in [1.82, 2.24) is 0 Å². The summed E-state index contributed by atoms with van der Waals surface area (Å²) in [6.07, 6.45) is 4.74. The van der Waals surface area contributed by atoms with Crippen molar-refractivity contribution < 1.29 is 14.3 Å². The minimum absolute atomic E-state index is 0.312. The molecule has 1 aliphatic heterocycles. The number of aldehydes is 1. The van der Waals surface area contributed by atoms with Crippen LogP contribution < -0.4 is 0 Å². The first-order valence-corrected chi connectivity index (χ1v) is 4.12. The molecule has 1 saturated carbocycles. The minimum Gasteiger partial charge on any atom is -0.347 e. The lowest BCUT2D eigenvalue weighted by molar-refractivity contribution is -0.163. The molecule has 1 atom stereocenters. The number of hydrogen-bond donors (Lipinski definition) is 0. The second-order valence-corrected chi connectivity index (χ2v) is 3.22. The molecule has 2 aliphatic rings. The van der Waals surface area contributed by atoms with Crippen molar-refractivity contribution in [1.29, 1.82) is 0 Å². The Labute approximate surface area is 65.7 Å². The van der Waals surface area contributed by atoms with Gasteiger partial charge in [-0.2, -0.15) is 0 Å². The second kappa shape index (κ2) is 2.57. The zero-order valence-electron chi connectivity index (χ0n) is 6.41. The van der Waals surface area contributed by atoms with E-state index >= 15 is 0 Å². The Kier molecular flexibility index (Phi) is 1.69. The highest BCUT2D eigenvalue weighted by Gasteiger charge is 2.43. The van der Waals surface area contributed by atoms with E-state index in [-0.39, 0.29) is 11.9 Å². The quantitative estimate of drug-likeness (QED) is 0.528. The molecule has 0 bridgehead atoms. The first-order valence-electron chi connectivity index (χ1n) is 4.12. The van der Waals surface area contributed by atoms with Crippen molar-refractivity contribution in [2.75, 3.05) is 6.61 Å². The van der Waals surface area contributed by atoms with Gasteiger partial charge in [0.2, 0.25) is 0 Å². The van der Waals surface area contributed by atoms with Crippen LogP contribution in [0.15, 0.2) is 0 Å². The molecule has 0 aromatic carbocycles. The van der Waals surface area contributed by atoms with Crippen LogP contribution in [0.4, 0.5) is 0 Å². The Morgan fingerprint density at radius 1 is 1.36 bits per heavy atom. The molecule has 2 rings (SSSR count). The third kappa shape index (κ3) is 1.19. The monoisotopic (exact) mass is 156 g/mol. The maximum Gasteiger partial charge on any atom is 0.169 e. The van der Waals surface area contributed by atoms with Crippen molar-refractivity contribution in [3.8, 4) is 0 Å². The number of hydrogen-bond acceptors (Lipinski definition) is 3. The van der Waals surface area contributed by atoms with Gasteiger partial charge < -0.3 is 14.3 Å². The molecule has 0 radical (unpaired) electrons. The maximum absolute atomic E-state index is 10.3. The SMILES string of the molecule is O=C[C@@H]1COC2(CCCC2)O1. The third-order valence-corrected chi connectivity index (χ3v) is 2.39. The summed E-state index contributed by atoms with van der Waals surface area (Å²) in [5, 5.41) is 0. The van der Waals surface area contributed by atoms with Gasteiger partial charge in [0.1, 0.15) is 6.10 Å². The van der Waals surface area contributed by atoms with Gasteiger partial charge in [0.05, 0.1) is 6.61 Å². The first-order chi connectivity index (χ1) is 5.35. The molecule has 3 heteroatoms. The third-order valence-electron chi connectivity index (χ3n) is 2.39. The van der Waals surface area contributed by atoms with Crippen LogP contribution in [0, 0.1) is 0 Å². The summed E-state index contributed by atoms with van der Waals surface area (Å²) in [6.45, 7) is 0.448. The highest BCUT2D eigenvalue weighted by molar-refractivity contribution is 5.56. The summed E-state index contributed by atoms with van der Waals surface area (Å²) in [5.41, 5.74) is 0. The van der Waals surface area contributed by atoms with Crippen molar-refractivity contribution in [3.05, 3.63) is 0 Å². The van der Waals surface area contributed by atoms with Crippen LogP contribution in [0.3, 0.4) is 0 Å². The molecular weight excluding hydrogens is 144 g/mol. The minimum atomic E-state index is -0.369. The molecule has 1 heterocycles. The van der Waals surface area contributed by atoms with E-state index in [1.54, 1.807) is 0 Å². The van der Waals surface area contributed by atoms with Crippen LogP contribution in [0.5, 0.6) is 0 Å². The van der Waals surface area contributed by atoms with Crippen LogP contribution in [-0.2, 0) is 14.3 Å². The average Bonchev–Trinajstić information content (AvgIpc) is 2.62. The van der Waals surface area contributed by atoms with Gasteiger partial charge in [-0.25, -0.2) is 0 Å². The van der Waals surface area contributed by atoms with E-state index < -0.39 is 0 Å². The van der Waals surface area contributed by atoms with Crippen LogP contribution in [0.2, 0.25) is 0 Å². The predicted molar refractivity (Wildman–Crippen MR) is 38.1 cm³/mol. The Balaban J connectivity index is 2.01. The van der Waals surface area contributed by atoms with Gasteiger partial charge in [0.15, 0.2) is 12.1 Å². The molecule has 1 aliphatic carbocycles. The molecule has 1 saturated heterocycles. The van der Waals surface area contributed by atoms with E-state index in [0.29, 0.717) is 6.61 Å². The number of ether oxygens (including phenoxy) is 2. The van der Waals surface area contributed by atoms with Gasteiger partial charge in [0, 0.05) is 12.8 Å². The van der Waals surface area contributed by atoms with Gasteiger partial charge in [-0.05, 0) is 12.8 Å². The molecule has 1 spiro atoms. The van der Waals surface area contributed by atoms with Gasteiger partial charge in [0.25, 0.3) is 0 Å². The molecule has 0 amide bonds. The highest BCUT2D eigenvalue weighted by Crippen LogP contribution is 2.38. The topological polar surface area (TPSA) is 35.5 Å².